The summed E-state index contributed by atoms with van der Waals surface area (Å²) in [6.07, 6.45) is 6.57. The number of hydrogen-bond acceptors (Lipinski definition) is 4. The van der Waals surface area contributed by atoms with Gasteiger partial charge >= 0.3 is 0 Å². The zero-order valence-corrected chi connectivity index (χ0v) is 18.9. The van der Waals surface area contributed by atoms with Crippen molar-refractivity contribution >= 4 is 11.6 Å². The van der Waals surface area contributed by atoms with Gasteiger partial charge in [0.15, 0.2) is 0 Å². The molecule has 5 heteroatoms. The molecule has 4 unspecified atom stereocenters. The third-order valence-electron chi connectivity index (χ3n) is 6.70. The van der Waals surface area contributed by atoms with Crippen LogP contribution in [-0.4, -0.2) is 35.1 Å². The topological polar surface area (TPSA) is 58.9 Å². The minimum Gasteiger partial charge on any atom is -0.490 e. The minimum absolute atomic E-state index is 0.0481. The number of ether oxygens (including phenoxy) is 2. The molecule has 1 saturated carbocycles. The maximum Gasteiger partial charge on any atom is 0.119 e. The molecule has 31 heavy (non-hydrogen) atoms. The van der Waals surface area contributed by atoms with E-state index in [1.165, 1.54) is 24.8 Å². The number of hydrogen-bond donors (Lipinski definition) is 2. The van der Waals surface area contributed by atoms with Gasteiger partial charge in [-0.25, -0.2) is 0 Å². The first-order chi connectivity index (χ1) is 15.0. The van der Waals surface area contributed by atoms with Gasteiger partial charge in [-0.05, 0) is 67.0 Å². The van der Waals surface area contributed by atoms with E-state index in [2.05, 4.69) is 30.3 Å². The highest BCUT2D eigenvalue weighted by Gasteiger charge is 2.35. The Bertz CT molecular complexity index is 847. The van der Waals surface area contributed by atoms with Crippen LogP contribution in [0, 0.1) is 5.92 Å². The largest absolute Gasteiger partial charge is 0.490 e. The van der Waals surface area contributed by atoms with Gasteiger partial charge in [0.2, 0.25) is 0 Å². The van der Waals surface area contributed by atoms with Crippen molar-refractivity contribution in [2.45, 2.75) is 76.3 Å². The first-order valence-corrected chi connectivity index (χ1v) is 11.9. The first-order valence-electron chi connectivity index (χ1n) is 11.5. The molecule has 2 aliphatic rings. The van der Waals surface area contributed by atoms with E-state index in [9.17, 15) is 10.2 Å². The average Bonchev–Trinajstić information content (AvgIpc) is 2.79. The summed E-state index contributed by atoms with van der Waals surface area (Å²) in [7, 11) is 0. The Morgan fingerprint density at radius 2 is 1.81 bits per heavy atom. The van der Waals surface area contributed by atoms with Gasteiger partial charge in [0, 0.05) is 17.4 Å². The molecule has 0 amide bonds. The Balaban J connectivity index is 1.46. The van der Waals surface area contributed by atoms with Gasteiger partial charge in [-0.2, -0.15) is 0 Å². The lowest BCUT2D eigenvalue weighted by molar-refractivity contribution is -0.145. The number of rotatable bonds is 6. The molecule has 1 aliphatic carbocycles. The summed E-state index contributed by atoms with van der Waals surface area (Å²) in [4.78, 5) is 0. The monoisotopic (exact) mass is 444 g/mol. The SMILES string of the molecule is CC1C(O)CC(CO)OC1c1ccc(Cl)c(Cc2ccc(OC3CCCCC3)cc2)c1. The second kappa shape index (κ2) is 10.4. The third kappa shape index (κ3) is 5.61. The average molecular weight is 445 g/mol. The van der Waals surface area contributed by atoms with Gasteiger partial charge in [-0.3, -0.25) is 0 Å². The predicted molar refractivity (Wildman–Crippen MR) is 123 cm³/mol. The molecule has 4 rings (SSSR count). The van der Waals surface area contributed by atoms with E-state index in [1.54, 1.807) is 0 Å². The lowest BCUT2D eigenvalue weighted by Gasteiger charge is -2.38. The van der Waals surface area contributed by atoms with E-state index in [-0.39, 0.29) is 24.7 Å². The van der Waals surface area contributed by atoms with E-state index in [0.29, 0.717) is 24.0 Å². The van der Waals surface area contributed by atoms with Crippen LogP contribution in [-0.2, 0) is 11.2 Å². The molecule has 1 heterocycles. The molecule has 0 radical (unpaired) electrons. The highest BCUT2D eigenvalue weighted by molar-refractivity contribution is 6.31. The summed E-state index contributed by atoms with van der Waals surface area (Å²) in [5, 5.41) is 20.6. The van der Waals surface area contributed by atoms with Gasteiger partial charge in [0.25, 0.3) is 0 Å². The van der Waals surface area contributed by atoms with Crippen molar-refractivity contribution in [3.8, 4) is 5.75 Å². The highest BCUT2D eigenvalue weighted by Crippen LogP contribution is 2.37. The predicted octanol–water partition coefficient (Wildman–Crippen LogP) is 5.46. The molecule has 2 N–H and O–H groups in total. The van der Waals surface area contributed by atoms with Crippen LogP contribution in [0.5, 0.6) is 5.75 Å². The smallest absolute Gasteiger partial charge is 0.119 e. The van der Waals surface area contributed by atoms with Crippen LogP contribution >= 0.6 is 11.6 Å². The van der Waals surface area contributed by atoms with Crippen molar-refractivity contribution in [1.82, 2.24) is 0 Å². The third-order valence-corrected chi connectivity index (χ3v) is 7.07. The molecular weight excluding hydrogens is 412 g/mol. The zero-order valence-electron chi connectivity index (χ0n) is 18.2. The summed E-state index contributed by atoms with van der Waals surface area (Å²) in [5.41, 5.74) is 3.18. The Hall–Kier alpha value is -1.59. The van der Waals surface area contributed by atoms with Crippen LogP contribution in [0.15, 0.2) is 42.5 Å². The first kappa shape index (κ1) is 22.6. The van der Waals surface area contributed by atoms with Crippen LogP contribution in [0.2, 0.25) is 5.02 Å². The van der Waals surface area contributed by atoms with E-state index in [4.69, 9.17) is 21.1 Å². The lowest BCUT2D eigenvalue weighted by Crippen LogP contribution is -2.39. The molecule has 4 atom stereocenters. The van der Waals surface area contributed by atoms with Crippen molar-refractivity contribution < 1.29 is 19.7 Å². The zero-order chi connectivity index (χ0) is 21.8. The number of halogens is 1. The maximum atomic E-state index is 10.4. The summed E-state index contributed by atoms with van der Waals surface area (Å²) >= 11 is 6.51. The van der Waals surface area contributed by atoms with Gasteiger partial charge < -0.3 is 19.7 Å². The molecule has 168 valence electrons. The van der Waals surface area contributed by atoms with Crippen LogP contribution < -0.4 is 4.74 Å². The molecule has 1 saturated heterocycles. The maximum absolute atomic E-state index is 10.4. The van der Waals surface area contributed by atoms with Crippen molar-refractivity contribution in [3.63, 3.8) is 0 Å². The summed E-state index contributed by atoms with van der Waals surface area (Å²) in [5.74, 6) is 0.886. The second-order valence-corrected chi connectivity index (χ2v) is 9.48. The van der Waals surface area contributed by atoms with Crippen molar-refractivity contribution in [3.05, 3.63) is 64.2 Å². The van der Waals surface area contributed by atoms with Crippen molar-refractivity contribution in [1.29, 1.82) is 0 Å². The van der Waals surface area contributed by atoms with E-state index < -0.39 is 6.10 Å². The fourth-order valence-corrected chi connectivity index (χ4v) is 4.94. The van der Waals surface area contributed by atoms with E-state index >= 15 is 0 Å². The Morgan fingerprint density at radius 3 is 2.52 bits per heavy atom. The quantitative estimate of drug-likeness (QED) is 0.621. The number of benzene rings is 2. The molecule has 1 aliphatic heterocycles. The molecular formula is C26H33ClO4. The van der Waals surface area contributed by atoms with Crippen molar-refractivity contribution in [2.75, 3.05) is 6.61 Å². The molecule has 0 aromatic heterocycles. The normalized spacial score (nSPS) is 27.2. The standard InChI is InChI=1S/C26H33ClO4/c1-17-25(29)15-23(16-28)31-26(17)19-9-12-24(27)20(14-19)13-18-7-10-22(11-8-18)30-21-5-3-2-4-6-21/h7-12,14,17,21,23,25-26,28-29H,2-6,13,15-16H2,1H3. The second-order valence-electron chi connectivity index (χ2n) is 9.07. The fourth-order valence-electron chi connectivity index (χ4n) is 4.76. The summed E-state index contributed by atoms with van der Waals surface area (Å²) in [6.45, 7) is 1.90. The Kier molecular flexibility index (Phi) is 7.55. The number of aliphatic hydroxyl groups is 2. The van der Waals surface area contributed by atoms with Gasteiger partial charge in [-0.1, -0.05) is 49.2 Å². The minimum atomic E-state index is -0.494. The molecule has 2 aromatic carbocycles. The number of aliphatic hydroxyl groups excluding tert-OH is 2. The van der Waals surface area contributed by atoms with Gasteiger partial charge in [0.05, 0.1) is 31.0 Å². The Labute approximate surface area is 190 Å². The molecule has 2 aromatic rings. The van der Waals surface area contributed by atoms with Crippen LogP contribution in [0.3, 0.4) is 0 Å². The molecule has 0 bridgehead atoms. The summed E-state index contributed by atoms with van der Waals surface area (Å²) in [6, 6.07) is 14.2. The van der Waals surface area contributed by atoms with E-state index in [1.807, 2.05) is 19.1 Å². The molecule has 0 spiro atoms. The molecule has 2 fully saturated rings. The lowest BCUT2D eigenvalue weighted by atomic mass is 9.86. The fraction of sp³-hybridized carbons (Fsp3) is 0.538. The van der Waals surface area contributed by atoms with Gasteiger partial charge in [0.1, 0.15) is 5.75 Å². The van der Waals surface area contributed by atoms with Crippen LogP contribution in [0.4, 0.5) is 0 Å². The van der Waals surface area contributed by atoms with Crippen molar-refractivity contribution in [2.24, 2.45) is 5.92 Å². The van der Waals surface area contributed by atoms with Crippen LogP contribution in [0.25, 0.3) is 0 Å². The van der Waals surface area contributed by atoms with Crippen LogP contribution in [0.1, 0.15) is 68.2 Å². The molecule has 4 nitrogen and oxygen atoms in total. The highest BCUT2D eigenvalue weighted by atomic mass is 35.5. The van der Waals surface area contributed by atoms with Gasteiger partial charge in [-0.15, -0.1) is 0 Å². The Morgan fingerprint density at radius 1 is 1.06 bits per heavy atom. The summed E-state index contributed by atoms with van der Waals surface area (Å²) < 4.78 is 12.2. The van der Waals surface area contributed by atoms with E-state index in [0.717, 1.165) is 29.7 Å².